The first kappa shape index (κ1) is 17.5. The summed E-state index contributed by atoms with van der Waals surface area (Å²) in [5.41, 5.74) is 0.113. The van der Waals surface area contributed by atoms with E-state index < -0.39 is 14.9 Å². The number of ether oxygens (including phenoxy) is 1. The van der Waals surface area contributed by atoms with E-state index in [-0.39, 0.29) is 42.4 Å². The number of sulfonamides is 1. The van der Waals surface area contributed by atoms with Crippen LogP contribution in [0.15, 0.2) is 23.1 Å². The zero-order valence-corrected chi connectivity index (χ0v) is 12.7. The van der Waals surface area contributed by atoms with Gasteiger partial charge in [-0.15, -0.1) is 0 Å². The lowest BCUT2D eigenvalue weighted by atomic mass is 10.2. The van der Waals surface area contributed by atoms with Gasteiger partial charge in [-0.25, -0.2) is 8.42 Å². The second-order valence-corrected chi connectivity index (χ2v) is 6.23. The Hall–Kier alpha value is -1.55. The Morgan fingerprint density at radius 3 is 2.52 bits per heavy atom. The topological polar surface area (TPSA) is 110 Å². The van der Waals surface area contributed by atoms with Crippen LogP contribution in [0.1, 0.15) is 5.56 Å². The Labute approximate surface area is 123 Å². The summed E-state index contributed by atoms with van der Waals surface area (Å²) in [6.45, 7) is 1.38. The minimum Gasteiger partial charge on any atom is -0.395 e. The minimum absolute atomic E-state index is 0.0161. The molecule has 1 aromatic rings. The van der Waals surface area contributed by atoms with Crippen molar-refractivity contribution in [3.8, 4) is 0 Å². The van der Waals surface area contributed by atoms with Crippen LogP contribution in [0.5, 0.6) is 0 Å². The van der Waals surface area contributed by atoms with Gasteiger partial charge < -0.3 is 9.84 Å². The van der Waals surface area contributed by atoms with Crippen LogP contribution in [-0.2, 0) is 14.8 Å². The molecule has 0 saturated heterocycles. The van der Waals surface area contributed by atoms with Crippen LogP contribution in [0, 0.1) is 17.0 Å². The molecule has 0 heterocycles. The highest BCUT2D eigenvalue weighted by Crippen LogP contribution is 2.23. The van der Waals surface area contributed by atoms with Gasteiger partial charge >= 0.3 is 0 Å². The molecule has 21 heavy (non-hydrogen) atoms. The van der Waals surface area contributed by atoms with E-state index in [0.29, 0.717) is 0 Å². The zero-order chi connectivity index (χ0) is 16.0. The molecular formula is C12H18N2O6S. The predicted molar refractivity (Wildman–Crippen MR) is 75.6 cm³/mol. The van der Waals surface area contributed by atoms with Crippen LogP contribution < -0.4 is 0 Å². The molecule has 1 N–H and O–H groups in total. The Morgan fingerprint density at radius 1 is 1.38 bits per heavy atom. The fourth-order valence-corrected chi connectivity index (χ4v) is 3.45. The molecule has 0 aromatic heterocycles. The SMILES string of the molecule is COCCN(CCO)S(=O)(=O)c1ccc([N+](=O)[O-])cc1C. The molecule has 0 aliphatic carbocycles. The first-order valence-corrected chi connectivity index (χ1v) is 7.63. The third-order valence-corrected chi connectivity index (χ3v) is 4.94. The average molecular weight is 318 g/mol. The van der Waals surface area contributed by atoms with Crippen molar-refractivity contribution < 1.29 is 23.2 Å². The van der Waals surface area contributed by atoms with Gasteiger partial charge in [0, 0.05) is 32.3 Å². The number of nitrogens with zero attached hydrogens (tertiary/aromatic N) is 2. The van der Waals surface area contributed by atoms with E-state index in [1.807, 2.05) is 0 Å². The van der Waals surface area contributed by atoms with Gasteiger partial charge in [-0.2, -0.15) is 4.31 Å². The number of methoxy groups -OCH3 is 1. The van der Waals surface area contributed by atoms with Gasteiger partial charge in [0.15, 0.2) is 0 Å². The normalized spacial score (nSPS) is 11.8. The van der Waals surface area contributed by atoms with Crippen LogP contribution in [-0.4, -0.2) is 56.2 Å². The molecule has 1 aromatic carbocycles. The van der Waals surface area contributed by atoms with Gasteiger partial charge in [0.05, 0.1) is 23.0 Å². The van der Waals surface area contributed by atoms with E-state index in [1.54, 1.807) is 0 Å². The number of hydrogen-bond acceptors (Lipinski definition) is 6. The summed E-state index contributed by atoms with van der Waals surface area (Å²) in [5, 5.41) is 19.7. The van der Waals surface area contributed by atoms with Crippen molar-refractivity contribution in [3.05, 3.63) is 33.9 Å². The molecule has 8 nitrogen and oxygen atoms in total. The quantitative estimate of drug-likeness (QED) is 0.553. The van der Waals surface area contributed by atoms with Crippen molar-refractivity contribution in [2.75, 3.05) is 33.4 Å². The number of aliphatic hydroxyl groups excluding tert-OH is 1. The summed E-state index contributed by atoms with van der Waals surface area (Å²) in [6, 6.07) is 3.56. The molecule has 0 bridgehead atoms. The monoisotopic (exact) mass is 318 g/mol. The fraction of sp³-hybridized carbons (Fsp3) is 0.500. The van der Waals surface area contributed by atoms with E-state index in [0.717, 1.165) is 10.4 Å². The maximum atomic E-state index is 12.5. The number of nitro benzene ring substituents is 1. The van der Waals surface area contributed by atoms with Gasteiger partial charge in [-0.3, -0.25) is 10.1 Å². The summed E-state index contributed by atoms with van der Waals surface area (Å²) in [7, 11) is -2.39. The maximum Gasteiger partial charge on any atom is 0.269 e. The third kappa shape index (κ3) is 4.21. The van der Waals surface area contributed by atoms with E-state index in [2.05, 4.69) is 0 Å². The molecule has 0 aliphatic heterocycles. The number of non-ortho nitro benzene ring substituents is 1. The highest BCUT2D eigenvalue weighted by Gasteiger charge is 2.26. The number of aliphatic hydroxyl groups is 1. The molecule has 0 amide bonds. The van der Waals surface area contributed by atoms with Gasteiger partial charge in [0.2, 0.25) is 10.0 Å². The number of hydrogen-bond donors (Lipinski definition) is 1. The van der Waals surface area contributed by atoms with E-state index in [1.165, 1.54) is 26.2 Å². The molecule has 0 fully saturated rings. The lowest BCUT2D eigenvalue weighted by Crippen LogP contribution is -2.36. The predicted octanol–water partition coefficient (Wildman–Crippen LogP) is 0.533. The molecule has 0 unspecified atom stereocenters. The number of benzene rings is 1. The number of rotatable bonds is 8. The number of nitro groups is 1. The van der Waals surface area contributed by atoms with Crippen LogP contribution in [0.2, 0.25) is 0 Å². The van der Waals surface area contributed by atoms with Crippen molar-refractivity contribution >= 4 is 15.7 Å². The fourth-order valence-electron chi connectivity index (χ4n) is 1.83. The summed E-state index contributed by atoms with van der Waals surface area (Å²) in [4.78, 5) is 10.1. The van der Waals surface area contributed by atoms with E-state index in [4.69, 9.17) is 9.84 Å². The van der Waals surface area contributed by atoms with E-state index in [9.17, 15) is 18.5 Å². The molecule has 1 rings (SSSR count). The second kappa shape index (κ2) is 7.46. The van der Waals surface area contributed by atoms with Gasteiger partial charge in [-0.05, 0) is 18.6 Å². The summed E-state index contributed by atoms with van der Waals surface area (Å²) < 4.78 is 31.0. The van der Waals surface area contributed by atoms with Crippen LogP contribution in [0.4, 0.5) is 5.69 Å². The second-order valence-electron chi connectivity index (χ2n) is 4.33. The zero-order valence-electron chi connectivity index (χ0n) is 11.9. The highest BCUT2D eigenvalue weighted by atomic mass is 32.2. The van der Waals surface area contributed by atoms with Crippen LogP contribution >= 0.6 is 0 Å². The van der Waals surface area contributed by atoms with Crippen molar-refractivity contribution in [2.24, 2.45) is 0 Å². The Kier molecular flexibility index (Phi) is 6.21. The first-order chi connectivity index (χ1) is 9.84. The molecule has 0 saturated carbocycles. The van der Waals surface area contributed by atoms with Crippen LogP contribution in [0.3, 0.4) is 0 Å². The van der Waals surface area contributed by atoms with Gasteiger partial charge in [-0.1, -0.05) is 0 Å². The Bertz CT molecular complexity index is 602. The largest absolute Gasteiger partial charge is 0.395 e. The molecule has 9 heteroatoms. The standard InChI is InChI=1S/C12H18N2O6S/c1-10-9-11(14(16)17)3-4-12(10)21(18,19)13(5-7-15)6-8-20-2/h3-4,9,15H,5-8H2,1-2H3. The molecule has 0 aliphatic rings. The molecule has 0 radical (unpaired) electrons. The smallest absolute Gasteiger partial charge is 0.269 e. The first-order valence-electron chi connectivity index (χ1n) is 6.19. The highest BCUT2D eigenvalue weighted by molar-refractivity contribution is 7.89. The summed E-state index contributed by atoms with van der Waals surface area (Å²) in [6.07, 6.45) is 0. The van der Waals surface area contributed by atoms with E-state index >= 15 is 0 Å². The van der Waals surface area contributed by atoms with Crippen LogP contribution in [0.25, 0.3) is 0 Å². The summed E-state index contributed by atoms with van der Waals surface area (Å²) >= 11 is 0. The van der Waals surface area contributed by atoms with Crippen molar-refractivity contribution in [2.45, 2.75) is 11.8 Å². The lowest BCUT2D eigenvalue weighted by molar-refractivity contribution is -0.385. The van der Waals surface area contributed by atoms with Crippen molar-refractivity contribution in [1.82, 2.24) is 4.31 Å². The van der Waals surface area contributed by atoms with Crippen molar-refractivity contribution in [3.63, 3.8) is 0 Å². The maximum absolute atomic E-state index is 12.5. The van der Waals surface area contributed by atoms with Gasteiger partial charge in [0.25, 0.3) is 5.69 Å². The lowest BCUT2D eigenvalue weighted by Gasteiger charge is -2.21. The minimum atomic E-state index is -3.84. The molecular weight excluding hydrogens is 300 g/mol. The summed E-state index contributed by atoms with van der Waals surface area (Å²) in [5.74, 6) is 0. The Morgan fingerprint density at radius 2 is 2.05 bits per heavy atom. The van der Waals surface area contributed by atoms with Gasteiger partial charge in [0.1, 0.15) is 0 Å². The molecule has 0 spiro atoms. The molecule has 0 atom stereocenters. The average Bonchev–Trinajstić information content (AvgIpc) is 2.42. The Balaban J connectivity index is 3.18. The third-order valence-electron chi connectivity index (χ3n) is 2.88. The number of aryl methyl sites for hydroxylation is 1. The molecule has 118 valence electrons. The van der Waals surface area contributed by atoms with Crippen molar-refractivity contribution in [1.29, 1.82) is 0 Å².